The number of hydrogen-bond acceptors (Lipinski definition) is 3. The summed E-state index contributed by atoms with van der Waals surface area (Å²) in [7, 11) is 0. The summed E-state index contributed by atoms with van der Waals surface area (Å²) in [5, 5.41) is 4.72. The highest BCUT2D eigenvalue weighted by Crippen LogP contribution is 2.25. The van der Waals surface area contributed by atoms with Crippen molar-refractivity contribution in [1.82, 2.24) is 5.32 Å². The molecule has 146 valence electrons. The first-order chi connectivity index (χ1) is 12.9. The molecule has 2 aromatic carbocycles. The van der Waals surface area contributed by atoms with Crippen LogP contribution in [0.3, 0.4) is 0 Å². The van der Waals surface area contributed by atoms with Gasteiger partial charge in [-0.05, 0) is 54.8 Å². The van der Waals surface area contributed by atoms with Crippen LogP contribution in [-0.2, 0) is 10.5 Å². The van der Waals surface area contributed by atoms with Gasteiger partial charge in [0.1, 0.15) is 5.75 Å². The summed E-state index contributed by atoms with van der Waals surface area (Å²) in [6.45, 7) is 4.40. The van der Waals surface area contributed by atoms with Crippen molar-refractivity contribution in [1.29, 1.82) is 0 Å². The van der Waals surface area contributed by atoms with E-state index in [9.17, 15) is 4.79 Å². The van der Waals surface area contributed by atoms with E-state index in [1.54, 1.807) is 30.0 Å². The van der Waals surface area contributed by atoms with Gasteiger partial charge in [0.05, 0.1) is 10.0 Å². The normalized spacial score (nSPS) is 11.9. The number of aryl methyl sites for hydroxylation is 1. The van der Waals surface area contributed by atoms with Gasteiger partial charge in [0.2, 0.25) is 0 Å². The SMILES string of the molecule is CC[C@H](Oc1ccc(Cl)c(C)c1)C(=O)NCCSCc1ccc(Cl)c(Cl)c1. The van der Waals surface area contributed by atoms with E-state index in [4.69, 9.17) is 39.5 Å². The number of nitrogens with one attached hydrogen (secondary N) is 1. The molecule has 0 aromatic heterocycles. The van der Waals surface area contributed by atoms with E-state index in [2.05, 4.69) is 5.32 Å². The molecule has 7 heteroatoms. The number of carbonyl (C=O) groups excluding carboxylic acids is 1. The molecular formula is C20H22Cl3NO2S. The molecular weight excluding hydrogens is 425 g/mol. The number of ether oxygens (including phenoxy) is 1. The molecule has 2 aromatic rings. The maximum atomic E-state index is 12.3. The number of benzene rings is 2. The monoisotopic (exact) mass is 445 g/mol. The molecule has 0 fully saturated rings. The Morgan fingerprint density at radius 2 is 1.85 bits per heavy atom. The van der Waals surface area contributed by atoms with Crippen molar-refractivity contribution in [3.05, 3.63) is 62.6 Å². The molecule has 27 heavy (non-hydrogen) atoms. The van der Waals surface area contributed by atoms with Gasteiger partial charge in [-0.1, -0.05) is 47.8 Å². The Morgan fingerprint density at radius 3 is 2.52 bits per heavy atom. The van der Waals surface area contributed by atoms with Crippen molar-refractivity contribution in [2.45, 2.75) is 32.1 Å². The molecule has 3 nitrogen and oxygen atoms in total. The standard InChI is InChI=1S/C20H22Cl3NO2S/c1-3-19(26-15-5-7-16(21)13(2)10-15)20(25)24-8-9-27-12-14-4-6-17(22)18(23)11-14/h4-7,10-11,19H,3,8-9,12H2,1-2H3,(H,24,25)/t19-/m0/s1. The second-order valence-corrected chi connectivity index (χ2v) is 8.34. The highest BCUT2D eigenvalue weighted by atomic mass is 35.5. The molecule has 1 atom stereocenters. The smallest absolute Gasteiger partial charge is 0.261 e. The number of halogens is 3. The van der Waals surface area contributed by atoms with Crippen LogP contribution in [0.5, 0.6) is 5.75 Å². The summed E-state index contributed by atoms with van der Waals surface area (Å²) in [6.07, 6.45) is 0.0647. The van der Waals surface area contributed by atoms with Gasteiger partial charge < -0.3 is 10.1 Å². The Labute approximate surface area is 179 Å². The Morgan fingerprint density at radius 1 is 1.11 bits per heavy atom. The lowest BCUT2D eigenvalue weighted by Crippen LogP contribution is -2.39. The maximum absolute atomic E-state index is 12.3. The minimum absolute atomic E-state index is 0.111. The molecule has 0 unspecified atom stereocenters. The Hall–Kier alpha value is -1.07. The first-order valence-corrected chi connectivity index (χ1v) is 10.9. The topological polar surface area (TPSA) is 38.3 Å². The minimum Gasteiger partial charge on any atom is -0.481 e. The zero-order valence-electron chi connectivity index (χ0n) is 15.2. The van der Waals surface area contributed by atoms with Crippen LogP contribution in [0.1, 0.15) is 24.5 Å². The Balaban J connectivity index is 1.74. The van der Waals surface area contributed by atoms with Gasteiger partial charge in [0.25, 0.3) is 5.91 Å². The van der Waals surface area contributed by atoms with E-state index in [1.807, 2.05) is 32.0 Å². The van der Waals surface area contributed by atoms with Gasteiger partial charge >= 0.3 is 0 Å². The number of thioether (sulfide) groups is 1. The van der Waals surface area contributed by atoms with Crippen molar-refractivity contribution in [3.8, 4) is 5.75 Å². The van der Waals surface area contributed by atoms with Crippen LogP contribution in [0.2, 0.25) is 15.1 Å². The average Bonchev–Trinajstić information content (AvgIpc) is 2.65. The van der Waals surface area contributed by atoms with Crippen LogP contribution < -0.4 is 10.1 Å². The highest BCUT2D eigenvalue weighted by molar-refractivity contribution is 7.98. The summed E-state index contributed by atoms with van der Waals surface area (Å²) in [5.41, 5.74) is 2.02. The molecule has 1 amide bonds. The van der Waals surface area contributed by atoms with Gasteiger partial charge in [-0.2, -0.15) is 11.8 Å². The summed E-state index contributed by atoms with van der Waals surface area (Å²) < 4.78 is 5.81. The number of carbonyl (C=O) groups is 1. The number of hydrogen-bond donors (Lipinski definition) is 1. The van der Waals surface area contributed by atoms with Crippen molar-refractivity contribution in [3.63, 3.8) is 0 Å². The molecule has 0 heterocycles. The molecule has 0 aliphatic heterocycles. The molecule has 0 saturated heterocycles. The number of rotatable bonds is 9. The third kappa shape index (κ3) is 7.11. The molecule has 0 aliphatic carbocycles. The van der Waals surface area contributed by atoms with Gasteiger partial charge in [0.15, 0.2) is 6.10 Å². The Kier molecular flexibility index (Phi) is 9.10. The summed E-state index contributed by atoms with van der Waals surface area (Å²) in [6, 6.07) is 11.0. The van der Waals surface area contributed by atoms with E-state index in [1.165, 1.54) is 0 Å². The van der Waals surface area contributed by atoms with Gasteiger partial charge in [-0.3, -0.25) is 4.79 Å². The van der Waals surface area contributed by atoms with Gasteiger partial charge in [-0.15, -0.1) is 0 Å². The summed E-state index contributed by atoms with van der Waals surface area (Å²) in [5.74, 6) is 2.14. The largest absolute Gasteiger partial charge is 0.481 e. The third-order valence-corrected chi connectivity index (χ3v) is 6.06. The van der Waals surface area contributed by atoms with Crippen LogP contribution in [0.4, 0.5) is 0 Å². The van der Waals surface area contributed by atoms with Gasteiger partial charge in [-0.25, -0.2) is 0 Å². The summed E-state index contributed by atoms with van der Waals surface area (Å²) in [4.78, 5) is 12.3. The van der Waals surface area contributed by atoms with Crippen LogP contribution in [0, 0.1) is 6.92 Å². The van der Waals surface area contributed by atoms with Crippen molar-refractivity contribution in [2.24, 2.45) is 0 Å². The van der Waals surface area contributed by atoms with E-state index in [0.717, 1.165) is 22.6 Å². The first-order valence-electron chi connectivity index (χ1n) is 8.63. The zero-order chi connectivity index (χ0) is 19.8. The van der Waals surface area contributed by atoms with E-state index >= 15 is 0 Å². The van der Waals surface area contributed by atoms with Crippen molar-refractivity contribution >= 4 is 52.5 Å². The molecule has 0 radical (unpaired) electrons. The molecule has 2 rings (SSSR count). The molecule has 0 saturated carbocycles. The molecule has 1 N–H and O–H groups in total. The van der Waals surface area contributed by atoms with Crippen LogP contribution >= 0.6 is 46.6 Å². The van der Waals surface area contributed by atoms with Crippen molar-refractivity contribution in [2.75, 3.05) is 12.3 Å². The van der Waals surface area contributed by atoms with Crippen molar-refractivity contribution < 1.29 is 9.53 Å². The van der Waals surface area contributed by atoms with E-state index in [-0.39, 0.29) is 5.91 Å². The highest BCUT2D eigenvalue weighted by Gasteiger charge is 2.18. The molecule has 0 aliphatic rings. The fourth-order valence-corrected chi connectivity index (χ4v) is 3.60. The quantitative estimate of drug-likeness (QED) is 0.469. The fraction of sp³-hybridized carbons (Fsp3) is 0.350. The lowest BCUT2D eigenvalue weighted by Gasteiger charge is -2.17. The third-order valence-electron chi connectivity index (χ3n) is 3.87. The summed E-state index contributed by atoms with van der Waals surface area (Å²) >= 11 is 19.7. The molecule has 0 bridgehead atoms. The minimum atomic E-state index is -0.523. The lowest BCUT2D eigenvalue weighted by atomic mass is 10.2. The second kappa shape index (κ2) is 11.1. The van der Waals surface area contributed by atoms with Crippen LogP contribution in [-0.4, -0.2) is 24.3 Å². The fourth-order valence-electron chi connectivity index (χ4n) is 2.36. The maximum Gasteiger partial charge on any atom is 0.261 e. The predicted molar refractivity (Wildman–Crippen MR) is 117 cm³/mol. The first kappa shape index (κ1) is 22.2. The van der Waals surface area contributed by atoms with Crippen LogP contribution in [0.25, 0.3) is 0 Å². The Bertz CT molecular complexity index is 786. The van der Waals surface area contributed by atoms with Crippen LogP contribution in [0.15, 0.2) is 36.4 Å². The van der Waals surface area contributed by atoms with E-state index < -0.39 is 6.10 Å². The molecule has 0 spiro atoms. The van der Waals surface area contributed by atoms with E-state index in [0.29, 0.717) is 33.8 Å². The average molecular weight is 447 g/mol. The zero-order valence-corrected chi connectivity index (χ0v) is 18.3. The number of amides is 1. The lowest BCUT2D eigenvalue weighted by molar-refractivity contribution is -0.127. The predicted octanol–water partition coefficient (Wildman–Crippen LogP) is 6.16. The second-order valence-electron chi connectivity index (χ2n) is 6.02. The van der Waals surface area contributed by atoms with Gasteiger partial charge in [0, 0.05) is 23.1 Å².